The van der Waals surface area contributed by atoms with E-state index in [1.165, 1.54) is 17.3 Å². The van der Waals surface area contributed by atoms with Crippen LogP contribution in [-0.2, 0) is 4.74 Å². The molecule has 0 bridgehead atoms. The maximum atomic E-state index is 5.22. The Balaban J connectivity index is 1.52. The minimum atomic E-state index is 0.573. The van der Waals surface area contributed by atoms with E-state index in [9.17, 15) is 0 Å². The molecule has 3 unspecified atom stereocenters. The Hall–Kier alpha value is 1.36. The summed E-state index contributed by atoms with van der Waals surface area (Å²) in [5, 5.41) is 0.932. The van der Waals surface area contributed by atoms with Crippen LogP contribution in [0.15, 0.2) is 0 Å². The summed E-state index contributed by atoms with van der Waals surface area (Å²) in [6.45, 7) is 5.67. The molecule has 0 aromatic heterocycles. The van der Waals surface area contributed by atoms with E-state index in [0.717, 1.165) is 16.4 Å². The Kier molecular flexibility index (Phi) is 5.41. The van der Waals surface area contributed by atoms with Gasteiger partial charge in [-0.15, -0.1) is 35.3 Å². The van der Waals surface area contributed by atoms with Gasteiger partial charge in [0.2, 0.25) is 0 Å². The molecule has 0 aromatic rings. The van der Waals surface area contributed by atoms with Gasteiger partial charge in [0.25, 0.3) is 0 Å². The predicted octanol–water partition coefficient (Wildman–Crippen LogP) is 3.39. The van der Waals surface area contributed by atoms with Crippen molar-refractivity contribution in [1.29, 1.82) is 0 Å². The van der Waals surface area contributed by atoms with Gasteiger partial charge >= 0.3 is 0 Å². The smallest absolute Gasteiger partial charge is 0.0900 e. The summed E-state index contributed by atoms with van der Waals surface area (Å²) in [6, 6.07) is 0. The van der Waals surface area contributed by atoms with E-state index in [2.05, 4.69) is 49.1 Å². The van der Waals surface area contributed by atoms with Gasteiger partial charge in [0.05, 0.1) is 12.7 Å². The maximum Gasteiger partial charge on any atom is 0.0900 e. The Morgan fingerprint density at radius 2 is 2.07 bits per heavy atom. The average molecular weight is 283 g/mol. The van der Waals surface area contributed by atoms with Crippen molar-refractivity contribution < 1.29 is 4.74 Å². The molecule has 2 aliphatic rings. The lowest BCUT2D eigenvalue weighted by molar-refractivity contribution is 0.426. The molecule has 15 heavy (non-hydrogen) atoms. The first-order valence-corrected chi connectivity index (χ1v) is 9.45. The fourth-order valence-corrected chi connectivity index (χ4v) is 7.19. The highest BCUT2D eigenvalue weighted by molar-refractivity contribution is 8.24. The van der Waals surface area contributed by atoms with Gasteiger partial charge in [-0.05, 0) is 13.8 Å². The van der Waals surface area contributed by atoms with Crippen molar-refractivity contribution in [2.45, 2.75) is 34.4 Å². The lowest BCUT2D eigenvalue weighted by Gasteiger charge is -2.27. The third kappa shape index (κ3) is 5.02. The molecule has 2 saturated heterocycles. The molecule has 2 aliphatic heterocycles. The lowest BCUT2D eigenvalue weighted by Crippen LogP contribution is -2.22. The number of rotatable bonds is 7. The number of ether oxygens (including phenoxy) is 1. The summed E-state index contributed by atoms with van der Waals surface area (Å²) < 4.78 is 6.68. The molecule has 2 heterocycles. The topological polar surface area (TPSA) is 12.5 Å². The zero-order valence-corrected chi connectivity index (χ0v) is 12.4. The normalized spacial score (nSPS) is 29.6. The molecular formula is C10H18OS4. The van der Waals surface area contributed by atoms with Crippen LogP contribution < -0.4 is 0 Å². The molecule has 1 nitrogen and oxygen atoms in total. The van der Waals surface area contributed by atoms with E-state index in [1.807, 2.05) is 11.8 Å². The van der Waals surface area contributed by atoms with Gasteiger partial charge in [-0.2, -0.15) is 11.8 Å². The van der Waals surface area contributed by atoms with Crippen LogP contribution in [0.25, 0.3) is 0 Å². The highest BCUT2D eigenvalue weighted by Crippen LogP contribution is 2.39. The Morgan fingerprint density at radius 3 is 2.60 bits per heavy atom. The quantitative estimate of drug-likeness (QED) is 0.522. The third-order valence-corrected chi connectivity index (χ3v) is 8.30. The van der Waals surface area contributed by atoms with Crippen LogP contribution in [0.1, 0.15) is 13.8 Å². The summed E-state index contributed by atoms with van der Waals surface area (Å²) in [7, 11) is 0. The minimum Gasteiger partial charge on any atom is -0.372 e. The number of thioether (sulfide) groups is 4. The number of hydrogen-bond donors (Lipinski definition) is 0. The van der Waals surface area contributed by atoms with Crippen molar-refractivity contribution in [3.8, 4) is 0 Å². The number of hydrogen-bond acceptors (Lipinski definition) is 5. The molecule has 3 atom stereocenters. The van der Waals surface area contributed by atoms with E-state index in [1.54, 1.807) is 0 Å². The summed E-state index contributed by atoms with van der Waals surface area (Å²) >= 11 is 8.39. The van der Waals surface area contributed by atoms with Crippen LogP contribution >= 0.6 is 47.0 Å². The fraction of sp³-hybridized carbons (Fsp3) is 1.00. The van der Waals surface area contributed by atoms with Crippen LogP contribution in [0.4, 0.5) is 0 Å². The molecule has 88 valence electrons. The van der Waals surface area contributed by atoms with Crippen molar-refractivity contribution in [3.63, 3.8) is 0 Å². The van der Waals surface area contributed by atoms with Crippen LogP contribution in [-0.4, -0.2) is 44.4 Å². The first kappa shape index (κ1) is 12.8. The van der Waals surface area contributed by atoms with E-state index in [0.29, 0.717) is 10.7 Å². The predicted molar refractivity (Wildman–Crippen MR) is 77.4 cm³/mol. The lowest BCUT2D eigenvalue weighted by atomic mass is 10.5. The Bertz CT molecular complexity index is 194. The van der Waals surface area contributed by atoms with Crippen LogP contribution in [0, 0.1) is 0 Å². The van der Waals surface area contributed by atoms with E-state index in [-0.39, 0.29) is 0 Å². The molecule has 0 aliphatic carbocycles. The molecule has 0 amide bonds. The van der Waals surface area contributed by atoms with Gasteiger partial charge in [-0.1, -0.05) is 0 Å². The molecule has 0 radical (unpaired) electrons. The maximum absolute atomic E-state index is 5.22. The standard InChI is InChI=1S/C10H18OS4/c1-7(13-4-9-3-11-9)14-8(2)15-10-5-12-6-10/h7-10H,3-6H2,1-2H3. The van der Waals surface area contributed by atoms with Crippen molar-refractivity contribution >= 4 is 47.0 Å². The van der Waals surface area contributed by atoms with Gasteiger partial charge in [0.1, 0.15) is 0 Å². The van der Waals surface area contributed by atoms with Crippen molar-refractivity contribution in [1.82, 2.24) is 0 Å². The zero-order valence-electron chi connectivity index (χ0n) is 9.18. The summed E-state index contributed by atoms with van der Waals surface area (Å²) in [6.07, 6.45) is 0.573. The second-order valence-corrected chi connectivity index (χ2v) is 10.2. The van der Waals surface area contributed by atoms with E-state index in [4.69, 9.17) is 4.74 Å². The SMILES string of the molecule is CC(SCC1CO1)SC(C)SC1CSC1. The van der Waals surface area contributed by atoms with Gasteiger partial charge in [-0.25, -0.2) is 0 Å². The summed E-state index contributed by atoms with van der Waals surface area (Å²) in [5.74, 6) is 3.92. The Labute approximate surface area is 110 Å². The Morgan fingerprint density at radius 1 is 1.33 bits per heavy atom. The molecule has 2 fully saturated rings. The van der Waals surface area contributed by atoms with Crippen molar-refractivity contribution in [2.75, 3.05) is 23.9 Å². The van der Waals surface area contributed by atoms with Gasteiger partial charge in [0.15, 0.2) is 0 Å². The van der Waals surface area contributed by atoms with E-state index >= 15 is 0 Å². The van der Waals surface area contributed by atoms with Crippen LogP contribution in [0.2, 0.25) is 0 Å². The average Bonchev–Trinajstić information content (AvgIpc) is 2.91. The van der Waals surface area contributed by atoms with Gasteiger partial charge < -0.3 is 4.74 Å². The molecule has 2 rings (SSSR count). The first-order chi connectivity index (χ1) is 7.24. The van der Waals surface area contributed by atoms with E-state index < -0.39 is 0 Å². The highest BCUT2D eigenvalue weighted by atomic mass is 32.2. The molecule has 0 saturated carbocycles. The third-order valence-electron chi connectivity index (χ3n) is 2.29. The fourth-order valence-electron chi connectivity index (χ4n) is 1.31. The molecule has 0 N–H and O–H groups in total. The van der Waals surface area contributed by atoms with Crippen molar-refractivity contribution in [2.24, 2.45) is 0 Å². The summed E-state index contributed by atoms with van der Waals surface area (Å²) in [4.78, 5) is 0. The van der Waals surface area contributed by atoms with Gasteiger partial charge in [0, 0.05) is 31.7 Å². The molecular weight excluding hydrogens is 264 g/mol. The van der Waals surface area contributed by atoms with Gasteiger partial charge in [-0.3, -0.25) is 0 Å². The minimum absolute atomic E-state index is 0.573. The second kappa shape index (κ2) is 6.34. The highest BCUT2D eigenvalue weighted by Gasteiger charge is 2.25. The summed E-state index contributed by atoms with van der Waals surface area (Å²) in [5.41, 5.74) is 0. The second-order valence-electron chi connectivity index (χ2n) is 3.86. The van der Waals surface area contributed by atoms with Crippen LogP contribution in [0.3, 0.4) is 0 Å². The van der Waals surface area contributed by atoms with Crippen LogP contribution in [0.5, 0.6) is 0 Å². The molecule has 0 spiro atoms. The first-order valence-electron chi connectivity index (χ1n) is 5.36. The molecule has 5 heteroatoms. The number of epoxide rings is 1. The molecule has 0 aromatic carbocycles. The van der Waals surface area contributed by atoms with Crippen molar-refractivity contribution in [3.05, 3.63) is 0 Å². The zero-order chi connectivity index (χ0) is 10.7. The largest absolute Gasteiger partial charge is 0.372 e. The monoisotopic (exact) mass is 282 g/mol.